The average Bonchev–Trinajstić information content (AvgIpc) is 3.28. The standard InChI is InChI=1S/C22H32Cl2N3O3PSSi/c1-31(2,28)14-26-13-17(11-25-26)27-12-16(10-20(27)32)21-19(7-6-18(23)22(21)24)30-15-29-8-9-33(3,4)5/h6-7,11,13,16H,8-10,12,14-15H2,1-5H3/t16-/m0/s1. The van der Waals surface area contributed by atoms with Crippen LogP contribution in [0.3, 0.4) is 0 Å². The van der Waals surface area contributed by atoms with Crippen molar-refractivity contribution in [3.05, 3.63) is 40.1 Å². The second-order valence-electron chi connectivity index (χ2n) is 10.1. The molecule has 1 aliphatic rings. The predicted octanol–water partition coefficient (Wildman–Crippen LogP) is 6.78. The zero-order chi connectivity index (χ0) is 24.4. The van der Waals surface area contributed by atoms with Crippen molar-refractivity contribution in [1.29, 1.82) is 0 Å². The Bertz CT molecular complexity index is 1050. The first-order chi connectivity index (χ1) is 15.3. The van der Waals surface area contributed by atoms with E-state index in [1.807, 2.05) is 17.2 Å². The number of anilines is 1. The third-order valence-electron chi connectivity index (χ3n) is 5.34. The monoisotopic (exact) mass is 547 g/mol. The summed E-state index contributed by atoms with van der Waals surface area (Å²) in [6.07, 6.45) is 4.69. The van der Waals surface area contributed by atoms with E-state index in [0.29, 0.717) is 41.7 Å². The maximum atomic E-state index is 12.1. The number of halogens is 2. The summed E-state index contributed by atoms with van der Waals surface area (Å²) in [7, 11) is -3.39. The Kier molecular flexibility index (Phi) is 8.74. The lowest BCUT2D eigenvalue weighted by Gasteiger charge is -2.20. The van der Waals surface area contributed by atoms with Crippen LogP contribution in [0.15, 0.2) is 24.5 Å². The van der Waals surface area contributed by atoms with Crippen LogP contribution in [-0.2, 0) is 15.6 Å². The molecule has 0 saturated carbocycles. The average molecular weight is 549 g/mol. The summed E-state index contributed by atoms with van der Waals surface area (Å²) in [6.45, 7) is 11.9. The van der Waals surface area contributed by atoms with Crippen molar-refractivity contribution in [3.63, 3.8) is 0 Å². The number of aromatic nitrogens is 2. The highest BCUT2D eigenvalue weighted by Gasteiger charge is 2.33. The lowest BCUT2D eigenvalue weighted by Crippen LogP contribution is -2.23. The van der Waals surface area contributed by atoms with Gasteiger partial charge in [0, 0.05) is 45.3 Å². The van der Waals surface area contributed by atoms with Crippen molar-refractivity contribution in [3.8, 4) is 5.75 Å². The van der Waals surface area contributed by atoms with Crippen LogP contribution in [0.5, 0.6) is 5.75 Å². The molecule has 1 atom stereocenters. The maximum absolute atomic E-state index is 12.1. The molecular formula is C22H32Cl2N3O3PSSi. The molecule has 0 bridgehead atoms. The van der Waals surface area contributed by atoms with Crippen molar-refractivity contribution in [2.75, 3.05) is 38.2 Å². The van der Waals surface area contributed by atoms with E-state index in [2.05, 4.69) is 24.7 Å². The zero-order valence-corrected chi connectivity index (χ0v) is 24.0. The highest BCUT2D eigenvalue weighted by atomic mass is 35.5. The van der Waals surface area contributed by atoms with Crippen LogP contribution < -0.4 is 9.64 Å². The van der Waals surface area contributed by atoms with Crippen LogP contribution in [0, 0.1) is 0 Å². The van der Waals surface area contributed by atoms with Gasteiger partial charge in [-0.1, -0.05) is 55.1 Å². The third kappa shape index (κ3) is 7.54. The molecule has 0 amide bonds. The molecule has 1 fully saturated rings. The second-order valence-corrected chi connectivity index (χ2v) is 20.4. The SMILES string of the molecule is C[Si](C)(C)CCOCOc1ccc(Cl)c(Cl)c1[C@H]1CC(=S)N(c2cnn(CP(C)(C)=O)c2)C1. The van der Waals surface area contributed by atoms with E-state index in [0.717, 1.165) is 22.3 Å². The first kappa shape index (κ1) is 26.7. The number of benzene rings is 1. The van der Waals surface area contributed by atoms with Gasteiger partial charge in [0.25, 0.3) is 0 Å². The summed E-state index contributed by atoms with van der Waals surface area (Å²) in [4.78, 5) is 2.84. The summed E-state index contributed by atoms with van der Waals surface area (Å²) < 4.78 is 25.6. The first-order valence-corrected chi connectivity index (χ1v) is 18.5. The normalized spacial score (nSPS) is 17.1. The Morgan fingerprint density at radius 3 is 2.67 bits per heavy atom. The number of hydrogen-bond donors (Lipinski definition) is 0. The molecule has 1 aromatic carbocycles. The van der Waals surface area contributed by atoms with Gasteiger partial charge in [0.1, 0.15) is 12.9 Å². The van der Waals surface area contributed by atoms with Gasteiger partial charge < -0.3 is 18.9 Å². The Hall–Kier alpha value is -0.893. The Labute approximate surface area is 212 Å². The minimum atomic E-state index is -2.23. The number of thiocarbonyl (C=S) groups is 1. The second kappa shape index (κ2) is 10.8. The van der Waals surface area contributed by atoms with E-state index in [-0.39, 0.29) is 12.7 Å². The van der Waals surface area contributed by atoms with Crippen molar-refractivity contribution in [2.24, 2.45) is 0 Å². The molecule has 33 heavy (non-hydrogen) atoms. The molecular weight excluding hydrogens is 516 g/mol. The number of hydrogen-bond acceptors (Lipinski definition) is 5. The highest BCUT2D eigenvalue weighted by molar-refractivity contribution is 7.80. The van der Waals surface area contributed by atoms with Gasteiger partial charge in [0.2, 0.25) is 0 Å². The van der Waals surface area contributed by atoms with E-state index in [1.165, 1.54) is 0 Å². The molecule has 0 radical (unpaired) electrons. The molecule has 0 N–H and O–H groups in total. The molecule has 6 nitrogen and oxygen atoms in total. The van der Waals surface area contributed by atoms with E-state index >= 15 is 0 Å². The van der Waals surface area contributed by atoms with E-state index in [1.54, 1.807) is 30.3 Å². The van der Waals surface area contributed by atoms with Crippen molar-refractivity contribution >= 4 is 61.3 Å². The van der Waals surface area contributed by atoms with Crippen molar-refractivity contribution in [1.82, 2.24) is 9.78 Å². The minimum absolute atomic E-state index is 0.0208. The lowest BCUT2D eigenvalue weighted by molar-refractivity contribution is 0.0213. The van der Waals surface area contributed by atoms with Crippen LogP contribution in [0.1, 0.15) is 17.9 Å². The van der Waals surface area contributed by atoms with Gasteiger partial charge >= 0.3 is 0 Å². The van der Waals surface area contributed by atoms with Gasteiger partial charge in [0.05, 0.1) is 33.2 Å². The van der Waals surface area contributed by atoms with Gasteiger partial charge in [-0.3, -0.25) is 4.68 Å². The van der Waals surface area contributed by atoms with Crippen LogP contribution >= 0.6 is 42.6 Å². The molecule has 1 aromatic heterocycles. The fraction of sp³-hybridized carbons (Fsp3) is 0.545. The van der Waals surface area contributed by atoms with Gasteiger partial charge in [-0.25, -0.2) is 0 Å². The van der Waals surface area contributed by atoms with Gasteiger partial charge in [-0.15, -0.1) is 0 Å². The first-order valence-electron chi connectivity index (χ1n) is 10.9. The fourth-order valence-electron chi connectivity index (χ4n) is 3.67. The number of ether oxygens (including phenoxy) is 2. The van der Waals surface area contributed by atoms with Crippen LogP contribution in [0.25, 0.3) is 0 Å². The smallest absolute Gasteiger partial charge is 0.189 e. The largest absolute Gasteiger partial charge is 0.467 e. The van der Waals surface area contributed by atoms with E-state index in [4.69, 9.17) is 44.9 Å². The number of nitrogens with zero attached hydrogens (tertiary/aromatic N) is 3. The molecule has 11 heteroatoms. The predicted molar refractivity (Wildman–Crippen MR) is 145 cm³/mol. The lowest BCUT2D eigenvalue weighted by atomic mass is 9.97. The topological polar surface area (TPSA) is 56.6 Å². The molecule has 0 aliphatic carbocycles. The van der Waals surface area contributed by atoms with Crippen LogP contribution in [0.4, 0.5) is 5.69 Å². The van der Waals surface area contributed by atoms with Gasteiger partial charge in [-0.2, -0.15) is 5.10 Å². The summed E-state index contributed by atoms with van der Waals surface area (Å²) in [5.41, 5.74) is 1.73. The zero-order valence-electron chi connectivity index (χ0n) is 19.8. The third-order valence-corrected chi connectivity index (χ3v) is 9.22. The summed E-state index contributed by atoms with van der Waals surface area (Å²) in [5.74, 6) is 0.688. The molecule has 1 aliphatic heterocycles. The summed E-state index contributed by atoms with van der Waals surface area (Å²) in [5, 5.41) is 5.33. The molecule has 182 valence electrons. The van der Waals surface area contributed by atoms with E-state index in [9.17, 15) is 4.57 Å². The molecule has 3 rings (SSSR count). The summed E-state index contributed by atoms with van der Waals surface area (Å²) >= 11 is 18.7. The van der Waals surface area contributed by atoms with Crippen molar-refractivity contribution < 1.29 is 14.0 Å². The van der Waals surface area contributed by atoms with Gasteiger partial charge in [-0.05, 0) is 31.5 Å². The Balaban J connectivity index is 1.73. The molecule has 2 aromatic rings. The van der Waals surface area contributed by atoms with Crippen LogP contribution in [-0.4, -0.2) is 56.1 Å². The molecule has 0 unspecified atom stereocenters. The molecule has 2 heterocycles. The Morgan fingerprint density at radius 1 is 1.27 bits per heavy atom. The summed E-state index contributed by atoms with van der Waals surface area (Å²) in [6, 6.07) is 4.67. The Morgan fingerprint density at radius 2 is 2.00 bits per heavy atom. The van der Waals surface area contributed by atoms with E-state index < -0.39 is 15.2 Å². The van der Waals surface area contributed by atoms with Crippen LogP contribution in [0.2, 0.25) is 35.7 Å². The minimum Gasteiger partial charge on any atom is -0.467 e. The highest BCUT2D eigenvalue weighted by Crippen LogP contribution is 2.44. The van der Waals surface area contributed by atoms with Crippen molar-refractivity contribution in [2.45, 2.75) is 44.3 Å². The molecule has 1 saturated heterocycles. The van der Waals surface area contributed by atoms with Gasteiger partial charge in [0.15, 0.2) is 6.79 Å². The molecule has 0 spiro atoms. The maximum Gasteiger partial charge on any atom is 0.189 e. The number of rotatable bonds is 10. The quantitative estimate of drug-likeness (QED) is 0.107. The fourth-order valence-corrected chi connectivity index (χ4v) is 6.13.